The summed E-state index contributed by atoms with van der Waals surface area (Å²) in [6, 6.07) is 0. The number of hydrogen-bond donors (Lipinski definition) is 1. The molecule has 1 heterocycles. The standard InChI is InChI=1S/C15H22ClN3/c1-3-13-18-14(16)11(2)15(19-13)17-10-9-12-7-5-4-6-8-12/h7H,3-6,8-10H2,1-2H3,(H,17,18,19). The van der Waals surface area contributed by atoms with Crippen molar-refractivity contribution in [2.75, 3.05) is 11.9 Å². The Morgan fingerprint density at radius 3 is 2.84 bits per heavy atom. The van der Waals surface area contributed by atoms with E-state index < -0.39 is 0 Å². The molecule has 1 aliphatic carbocycles. The van der Waals surface area contributed by atoms with Crippen molar-refractivity contribution in [2.45, 2.75) is 52.4 Å². The van der Waals surface area contributed by atoms with Gasteiger partial charge in [0.25, 0.3) is 0 Å². The van der Waals surface area contributed by atoms with E-state index >= 15 is 0 Å². The SMILES string of the molecule is CCc1nc(Cl)c(C)c(NCCC2=CCCCC2)n1. The third-order valence-electron chi connectivity index (χ3n) is 3.57. The van der Waals surface area contributed by atoms with Crippen LogP contribution in [0.3, 0.4) is 0 Å². The molecule has 4 heteroatoms. The predicted octanol–water partition coefficient (Wildman–Crippen LogP) is 4.30. The zero-order valence-corrected chi connectivity index (χ0v) is 12.6. The van der Waals surface area contributed by atoms with Gasteiger partial charge in [-0.3, -0.25) is 0 Å². The fourth-order valence-corrected chi connectivity index (χ4v) is 2.52. The first kappa shape index (κ1) is 14.3. The Bertz CT molecular complexity index is 469. The van der Waals surface area contributed by atoms with E-state index in [1.807, 2.05) is 13.8 Å². The number of nitrogens with one attached hydrogen (secondary N) is 1. The van der Waals surface area contributed by atoms with Gasteiger partial charge in [0.15, 0.2) is 0 Å². The molecule has 0 unspecified atom stereocenters. The maximum atomic E-state index is 6.12. The van der Waals surface area contributed by atoms with Crippen LogP contribution in [0.5, 0.6) is 0 Å². The van der Waals surface area contributed by atoms with Gasteiger partial charge in [-0.25, -0.2) is 9.97 Å². The number of aryl methyl sites for hydroxylation is 1. The Morgan fingerprint density at radius 1 is 1.32 bits per heavy atom. The van der Waals surface area contributed by atoms with Gasteiger partial charge in [0, 0.05) is 18.5 Å². The second-order valence-corrected chi connectivity index (χ2v) is 5.40. The summed E-state index contributed by atoms with van der Waals surface area (Å²) >= 11 is 6.12. The van der Waals surface area contributed by atoms with Gasteiger partial charge in [-0.1, -0.05) is 30.2 Å². The summed E-state index contributed by atoms with van der Waals surface area (Å²) in [5.41, 5.74) is 2.52. The number of rotatable bonds is 5. The van der Waals surface area contributed by atoms with Crippen molar-refractivity contribution in [1.82, 2.24) is 9.97 Å². The second kappa shape index (κ2) is 6.90. The number of anilines is 1. The number of aromatic nitrogens is 2. The van der Waals surface area contributed by atoms with Crippen LogP contribution in [0, 0.1) is 6.92 Å². The lowest BCUT2D eigenvalue weighted by atomic mass is 9.97. The highest BCUT2D eigenvalue weighted by Gasteiger charge is 2.09. The minimum Gasteiger partial charge on any atom is -0.369 e. The third-order valence-corrected chi connectivity index (χ3v) is 3.94. The number of nitrogens with zero attached hydrogens (tertiary/aromatic N) is 2. The summed E-state index contributed by atoms with van der Waals surface area (Å²) in [5.74, 6) is 1.68. The molecule has 0 saturated carbocycles. The molecule has 19 heavy (non-hydrogen) atoms. The summed E-state index contributed by atoms with van der Waals surface area (Å²) in [6.07, 6.45) is 9.48. The topological polar surface area (TPSA) is 37.8 Å². The summed E-state index contributed by atoms with van der Waals surface area (Å²) in [4.78, 5) is 8.76. The van der Waals surface area contributed by atoms with E-state index in [1.54, 1.807) is 5.57 Å². The lowest BCUT2D eigenvalue weighted by Gasteiger charge is -2.14. The maximum absolute atomic E-state index is 6.12. The van der Waals surface area contributed by atoms with E-state index in [0.29, 0.717) is 5.15 Å². The minimum atomic E-state index is 0.561. The zero-order chi connectivity index (χ0) is 13.7. The van der Waals surface area contributed by atoms with Crippen molar-refractivity contribution in [2.24, 2.45) is 0 Å². The minimum absolute atomic E-state index is 0.561. The van der Waals surface area contributed by atoms with Crippen molar-refractivity contribution in [3.8, 4) is 0 Å². The highest BCUT2D eigenvalue weighted by molar-refractivity contribution is 6.30. The van der Waals surface area contributed by atoms with Gasteiger partial charge >= 0.3 is 0 Å². The summed E-state index contributed by atoms with van der Waals surface area (Å²) in [5, 5.41) is 3.96. The lowest BCUT2D eigenvalue weighted by molar-refractivity contribution is 0.679. The van der Waals surface area contributed by atoms with Gasteiger partial charge in [0.2, 0.25) is 0 Å². The molecule has 1 aromatic heterocycles. The van der Waals surface area contributed by atoms with E-state index in [9.17, 15) is 0 Å². The maximum Gasteiger partial charge on any atom is 0.137 e. The zero-order valence-electron chi connectivity index (χ0n) is 11.8. The molecule has 0 atom stereocenters. The molecule has 0 amide bonds. The van der Waals surface area contributed by atoms with Gasteiger partial charge in [0.05, 0.1) is 0 Å². The van der Waals surface area contributed by atoms with E-state index in [2.05, 4.69) is 21.4 Å². The number of hydrogen-bond acceptors (Lipinski definition) is 3. The Kier molecular flexibility index (Phi) is 5.20. The molecule has 0 spiro atoms. The smallest absolute Gasteiger partial charge is 0.137 e. The molecule has 0 fully saturated rings. The van der Waals surface area contributed by atoms with E-state index in [1.165, 1.54) is 25.7 Å². The first-order chi connectivity index (χ1) is 9.20. The number of halogens is 1. The molecule has 0 radical (unpaired) electrons. The molecule has 0 aromatic carbocycles. The number of allylic oxidation sites excluding steroid dienone is 1. The highest BCUT2D eigenvalue weighted by atomic mass is 35.5. The largest absolute Gasteiger partial charge is 0.369 e. The summed E-state index contributed by atoms with van der Waals surface area (Å²) < 4.78 is 0. The van der Waals surface area contributed by atoms with Crippen molar-refractivity contribution < 1.29 is 0 Å². The van der Waals surface area contributed by atoms with Crippen molar-refractivity contribution in [3.05, 3.63) is 28.2 Å². The van der Waals surface area contributed by atoms with Crippen LogP contribution in [0.1, 0.15) is 50.4 Å². The van der Waals surface area contributed by atoms with Crippen LogP contribution in [0.4, 0.5) is 5.82 Å². The molecule has 3 nitrogen and oxygen atoms in total. The molecule has 0 saturated heterocycles. The van der Waals surface area contributed by atoms with E-state index in [4.69, 9.17) is 11.6 Å². The van der Waals surface area contributed by atoms with Crippen LogP contribution in [-0.2, 0) is 6.42 Å². The monoisotopic (exact) mass is 279 g/mol. The van der Waals surface area contributed by atoms with Gasteiger partial charge in [-0.05, 0) is 39.0 Å². The van der Waals surface area contributed by atoms with Gasteiger partial charge in [-0.2, -0.15) is 0 Å². The highest BCUT2D eigenvalue weighted by Crippen LogP contribution is 2.22. The molecule has 1 N–H and O–H groups in total. The molecular formula is C15H22ClN3. The quantitative estimate of drug-likeness (QED) is 0.645. The fraction of sp³-hybridized carbons (Fsp3) is 0.600. The molecule has 1 aromatic rings. The van der Waals surface area contributed by atoms with Crippen LogP contribution in [-0.4, -0.2) is 16.5 Å². The predicted molar refractivity (Wildman–Crippen MR) is 80.8 cm³/mol. The molecule has 1 aliphatic rings. The Morgan fingerprint density at radius 2 is 2.16 bits per heavy atom. The third kappa shape index (κ3) is 3.93. The van der Waals surface area contributed by atoms with Gasteiger partial charge in [0.1, 0.15) is 16.8 Å². The molecule has 104 valence electrons. The average Bonchev–Trinajstić information content (AvgIpc) is 2.44. The Labute approximate surface area is 120 Å². The van der Waals surface area contributed by atoms with Crippen LogP contribution in [0.2, 0.25) is 5.15 Å². The van der Waals surface area contributed by atoms with Crippen LogP contribution < -0.4 is 5.32 Å². The van der Waals surface area contributed by atoms with Crippen molar-refractivity contribution >= 4 is 17.4 Å². The van der Waals surface area contributed by atoms with Crippen molar-refractivity contribution in [3.63, 3.8) is 0 Å². The Hall–Kier alpha value is -1.09. The lowest BCUT2D eigenvalue weighted by Crippen LogP contribution is -2.09. The molecule has 0 bridgehead atoms. The first-order valence-corrected chi connectivity index (χ1v) is 7.53. The normalized spacial score (nSPS) is 15.2. The van der Waals surface area contributed by atoms with Gasteiger partial charge in [-0.15, -0.1) is 0 Å². The fourth-order valence-electron chi connectivity index (χ4n) is 2.34. The first-order valence-electron chi connectivity index (χ1n) is 7.15. The molecule has 0 aliphatic heterocycles. The molecular weight excluding hydrogens is 258 g/mol. The van der Waals surface area contributed by atoms with Crippen LogP contribution in [0.15, 0.2) is 11.6 Å². The average molecular weight is 280 g/mol. The van der Waals surface area contributed by atoms with Crippen molar-refractivity contribution in [1.29, 1.82) is 0 Å². The van der Waals surface area contributed by atoms with Crippen LogP contribution in [0.25, 0.3) is 0 Å². The second-order valence-electron chi connectivity index (χ2n) is 5.04. The molecule has 2 rings (SSSR count). The van der Waals surface area contributed by atoms with Crippen LogP contribution >= 0.6 is 11.6 Å². The van der Waals surface area contributed by atoms with E-state index in [0.717, 1.165) is 36.6 Å². The summed E-state index contributed by atoms with van der Waals surface area (Å²) in [6.45, 7) is 4.92. The Balaban J connectivity index is 1.95. The summed E-state index contributed by atoms with van der Waals surface area (Å²) in [7, 11) is 0. The van der Waals surface area contributed by atoms with Gasteiger partial charge < -0.3 is 5.32 Å². The van der Waals surface area contributed by atoms with E-state index in [-0.39, 0.29) is 0 Å².